The molecule has 2 saturated heterocycles. The van der Waals surface area contributed by atoms with Crippen molar-refractivity contribution < 1.29 is 14.3 Å². The minimum atomic E-state index is 0.137. The topological polar surface area (TPSA) is 111 Å². The largest absolute Gasteiger partial charge is 0.493 e. The van der Waals surface area contributed by atoms with Gasteiger partial charge in [0.2, 0.25) is 0 Å². The van der Waals surface area contributed by atoms with Gasteiger partial charge in [-0.2, -0.15) is 5.10 Å². The van der Waals surface area contributed by atoms with Crippen LogP contribution in [0.5, 0.6) is 5.75 Å². The highest BCUT2D eigenvalue weighted by Gasteiger charge is 2.26. The van der Waals surface area contributed by atoms with Crippen molar-refractivity contribution in [3.63, 3.8) is 0 Å². The number of piperazine rings is 1. The Morgan fingerprint density at radius 3 is 2.47 bits per heavy atom. The third kappa shape index (κ3) is 8.78. The number of carbonyl (C=O) groups excluding carboxylic acids is 1. The van der Waals surface area contributed by atoms with E-state index in [1.54, 1.807) is 21.3 Å². The van der Waals surface area contributed by atoms with Crippen LogP contribution >= 0.6 is 0 Å². The van der Waals surface area contributed by atoms with E-state index in [1.165, 1.54) is 11.3 Å². The number of nitrogens with one attached hydrogen (secondary N) is 1. The molecule has 2 aliphatic rings. The summed E-state index contributed by atoms with van der Waals surface area (Å²) in [6, 6.07) is 12.8. The van der Waals surface area contributed by atoms with Crippen molar-refractivity contribution in [2.75, 3.05) is 77.8 Å². The van der Waals surface area contributed by atoms with Gasteiger partial charge in [0.1, 0.15) is 6.29 Å². The van der Waals surface area contributed by atoms with Crippen molar-refractivity contribution in [2.45, 2.75) is 45.4 Å². The Balaban J connectivity index is 0.00000135. The summed E-state index contributed by atoms with van der Waals surface area (Å²) in [5.41, 5.74) is 12.6. The lowest BCUT2D eigenvalue weighted by molar-refractivity contribution is -0.108. The number of nitrogens with zero attached hydrogens (tertiary/aromatic N) is 5. The summed E-state index contributed by atoms with van der Waals surface area (Å²) < 4.78 is 11.5. The van der Waals surface area contributed by atoms with Gasteiger partial charge in [0.25, 0.3) is 0 Å². The molecule has 0 saturated carbocycles. The van der Waals surface area contributed by atoms with E-state index in [2.05, 4.69) is 56.0 Å². The summed E-state index contributed by atoms with van der Waals surface area (Å²) in [5, 5.41) is 8.23. The predicted molar refractivity (Wildman–Crippen MR) is 173 cm³/mol. The molecule has 5 rings (SSSR count). The van der Waals surface area contributed by atoms with Gasteiger partial charge in [-0.1, -0.05) is 0 Å². The van der Waals surface area contributed by atoms with Gasteiger partial charge in [-0.25, -0.2) is 9.67 Å². The number of aromatic nitrogens is 3. The van der Waals surface area contributed by atoms with Gasteiger partial charge in [-0.05, 0) is 87.5 Å². The zero-order valence-corrected chi connectivity index (χ0v) is 26.5. The van der Waals surface area contributed by atoms with E-state index in [0.717, 1.165) is 94.1 Å². The number of aldehydes is 1. The number of likely N-dealkylation sites (tertiary alicyclic amines) is 1. The zero-order chi connectivity index (χ0) is 30.8. The molecule has 234 valence electrons. The molecular weight excluding hydrogens is 542 g/mol. The molecule has 0 amide bonds. The molecular formula is C33H49N7O3. The molecule has 0 aliphatic carbocycles. The van der Waals surface area contributed by atoms with Gasteiger partial charge in [-0.15, -0.1) is 0 Å². The first kappa shape index (κ1) is 32.4. The van der Waals surface area contributed by atoms with Crippen molar-refractivity contribution in [1.82, 2.24) is 25.0 Å². The molecule has 3 aromatic rings. The first-order chi connectivity index (χ1) is 20.8. The van der Waals surface area contributed by atoms with Crippen LogP contribution in [0.4, 0.5) is 11.5 Å². The van der Waals surface area contributed by atoms with Crippen molar-refractivity contribution in [2.24, 2.45) is 5.92 Å². The first-order valence-electron chi connectivity index (χ1n) is 15.3. The Morgan fingerprint density at radius 2 is 1.81 bits per heavy atom. The monoisotopic (exact) mass is 591 g/mol. The van der Waals surface area contributed by atoms with Gasteiger partial charge in [0.05, 0.1) is 18.5 Å². The number of carbonyl (C=O) groups is 1. The normalized spacial score (nSPS) is 17.8. The maximum absolute atomic E-state index is 11.9. The first-order valence-corrected chi connectivity index (χ1v) is 15.3. The zero-order valence-electron chi connectivity index (χ0n) is 26.5. The Morgan fingerprint density at radius 1 is 1.07 bits per heavy atom. The Bertz CT molecular complexity index is 1320. The van der Waals surface area contributed by atoms with E-state index in [1.807, 2.05) is 23.7 Å². The van der Waals surface area contributed by atoms with Crippen LogP contribution in [0.3, 0.4) is 0 Å². The number of hydrogen-bond acceptors (Lipinski definition) is 9. The molecule has 10 nitrogen and oxygen atoms in total. The summed E-state index contributed by atoms with van der Waals surface area (Å²) >= 11 is 0. The summed E-state index contributed by atoms with van der Waals surface area (Å²) in [6.07, 6.45) is 4.74. The number of hydrogen-bond donors (Lipinski definition) is 2. The van der Waals surface area contributed by atoms with Gasteiger partial charge >= 0.3 is 0 Å². The average molecular weight is 592 g/mol. The molecule has 2 aliphatic heterocycles. The number of benzene rings is 1. The van der Waals surface area contributed by atoms with Crippen molar-refractivity contribution in [1.29, 1.82) is 0 Å². The molecule has 0 radical (unpaired) electrons. The number of methoxy groups -OCH3 is 2. The number of rotatable bonds is 11. The third-order valence-corrected chi connectivity index (χ3v) is 8.33. The van der Waals surface area contributed by atoms with Crippen LogP contribution in [-0.2, 0) is 16.0 Å². The second-order valence-corrected chi connectivity index (χ2v) is 11.7. The van der Waals surface area contributed by atoms with Crippen LogP contribution in [0.1, 0.15) is 47.8 Å². The predicted octanol–water partition coefficient (Wildman–Crippen LogP) is 3.77. The number of nitrogen functional groups attached to an aromatic ring is 1. The van der Waals surface area contributed by atoms with Crippen LogP contribution < -0.4 is 20.7 Å². The van der Waals surface area contributed by atoms with Gasteiger partial charge in [0.15, 0.2) is 11.6 Å². The van der Waals surface area contributed by atoms with Crippen molar-refractivity contribution in [3.8, 4) is 11.4 Å². The van der Waals surface area contributed by atoms with E-state index in [-0.39, 0.29) is 5.92 Å². The summed E-state index contributed by atoms with van der Waals surface area (Å²) in [5.74, 6) is 1.82. The van der Waals surface area contributed by atoms with Crippen LogP contribution in [0.2, 0.25) is 0 Å². The van der Waals surface area contributed by atoms with Crippen LogP contribution in [0, 0.1) is 19.8 Å². The molecule has 0 unspecified atom stereocenters. The average Bonchev–Trinajstić information content (AvgIpc) is 3.61. The highest BCUT2D eigenvalue weighted by molar-refractivity contribution is 5.59. The highest BCUT2D eigenvalue weighted by atomic mass is 16.5. The van der Waals surface area contributed by atoms with Gasteiger partial charge < -0.3 is 35.1 Å². The quantitative estimate of drug-likeness (QED) is 0.322. The van der Waals surface area contributed by atoms with Gasteiger partial charge in [0, 0.05) is 82.9 Å². The molecule has 4 heterocycles. The fourth-order valence-corrected chi connectivity index (χ4v) is 6.20. The molecule has 3 N–H and O–H groups in total. The molecule has 2 atom stereocenters. The minimum Gasteiger partial charge on any atom is -0.493 e. The smallest absolute Gasteiger partial charge is 0.166 e. The lowest BCUT2D eigenvalue weighted by atomic mass is 9.94. The molecule has 10 heteroatoms. The van der Waals surface area contributed by atoms with Crippen LogP contribution in [-0.4, -0.2) is 93.1 Å². The fourth-order valence-electron chi connectivity index (χ4n) is 6.20. The van der Waals surface area contributed by atoms with Crippen molar-refractivity contribution >= 4 is 17.8 Å². The summed E-state index contributed by atoms with van der Waals surface area (Å²) in [4.78, 5) is 21.4. The number of ether oxygens (including phenoxy) is 2. The molecule has 1 aromatic carbocycles. The summed E-state index contributed by atoms with van der Waals surface area (Å²) in [6.45, 7) is 11.0. The lowest BCUT2D eigenvalue weighted by Gasteiger charge is -2.31. The lowest BCUT2D eigenvalue weighted by Crippen LogP contribution is -2.43. The number of anilines is 2. The minimum absolute atomic E-state index is 0.137. The third-order valence-electron chi connectivity index (χ3n) is 8.33. The number of nitrogens with two attached hydrogens (primary N) is 1. The standard InChI is InChI=1S/C31H43N7O2.C2H6O/c1-22-16-23(2)38(35-22)29-18-26(17-28(19-29)37-13-10-33-11-14-37)25(9-15-39)21-36-12-8-24(20-36)4-5-27-6-7-30(40-3)31(32)34-27;1-3-2/h6-7,15-19,24-25,33H,4-5,8-14,20-21H2,1-3H3,(H2,32,34);1-2H3/t24-,25-;/m1./s1. The second-order valence-electron chi connectivity index (χ2n) is 11.7. The maximum Gasteiger partial charge on any atom is 0.166 e. The molecule has 0 bridgehead atoms. The van der Waals surface area contributed by atoms with E-state index < -0.39 is 0 Å². The van der Waals surface area contributed by atoms with E-state index >= 15 is 0 Å². The number of pyridine rings is 1. The SMILES string of the molecule is COC.COc1ccc(CC[C@@H]2CCN(C[C@@H](CC=O)c3cc(N4CCNCC4)cc(-n4nc(C)cc4C)c3)C2)nc1N. The van der Waals surface area contributed by atoms with Crippen molar-refractivity contribution in [3.05, 3.63) is 59.0 Å². The number of aryl methyl sites for hydroxylation is 3. The fraction of sp³-hybridized carbons (Fsp3) is 0.545. The Hall–Kier alpha value is -3.47. The second kappa shape index (κ2) is 15.8. The van der Waals surface area contributed by atoms with E-state index in [9.17, 15) is 4.79 Å². The van der Waals surface area contributed by atoms with Crippen LogP contribution in [0.15, 0.2) is 36.4 Å². The maximum atomic E-state index is 11.9. The summed E-state index contributed by atoms with van der Waals surface area (Å²) in [7, 11) is 4.86. The highest BCUT2D eigenvalue weighted by Crippen LogP contribution is 2.31. The van der Waals surface area contributed by atoms with Crippen LogP contribution in [0.25, 0.3) is 5.69 Å². The molecule has 0 spiro atoms. The van der Waals surface area contributed by atoms with E-state index in [0.29, 0.717) is 23.9 Å². The van der Waals surface area contributed by atoms with Gasteiger partial charge in [-0.3, -0.25) is 0 Å². The Kier molecular flexibility index (Phi) is 12.0. The van der Waals surface area contributed by atoms with E-state index in [4.69, 9.17) is 15.6 Å². The molecule has 43 heavy (non-hydrogen) atoms. The molecule has 2 aromatic heterocycles. The molecule has 2 fully saturated rings. The Labute approximate surface area is 256 Å².